The fourth-order valence-corrected chi connectivity index (χ4v) is 9.07. The van der Waals surface area contributed by atoms with Gasteiger partial charge in [-0.15, -0.1) is 0 Å². The minimum atomic E-state index is -0.575. The fourth-order valence-electron chi connectivity index (χ4n) is 9.07. The topological polar surface area (TPSA) is 113 Å². The summed E-state index contributed by atoms with van der Waals surface area (Å²) in [6.07, 6.45) is 0. The lowest BCUT2D eigenvalue weighted by Gasteiger charge is -2.24. The van der Waals surface area contributed by atoms with E-state index in [9.17, 15) is 21.0 Å². The lowest BCUT2D eigenvalue weighted by Crippen LogP contribution is -2.04. The van der Waals surface area contributed by atoms with Gasteiger partial charge in [0, 0.05) is 5.56 Å². The normalized spacial score (nSPS) is 13.6. The minimum absolute atomic E-state index is 0.0220. The molecule has 2 aliphatic carbocycles. The Morgan fingerprint density at radius 2 is 0.941 bits per heavy atom. The first-order valence-corrected chi connectivity index (χ1v) is 20.5. The van der Waals surface area contributed by atoms with E-state index in [-0.39, 0.29) is 101 Å². The molecule has 9 rings (SSSR count). The Morgan fingerprint density at radius 1 is 0.441 bits per heavy atom. The second-order valence-electron chi connectivity index (χ2n) is 15.4. The second kappa shape index (κ2) is 17.4. The van der Waals surface area contributed by atoms with E-state index in [1.54, 1.807) is 60.7 Å². The first-order chi connectivity index (χ1) is 33.2. The lowest BCUT2D eigenvalue weighted by atomic mass is 9.78. The molecule has 0 N–H and O–H groups in total. The summed E-state index contributed by atoms with van der Waals surface area (Å²) >= 11 is 0. The van der Waals surface area contributed by atoms with E-state index in [0.717, 1.165) is 0 Å². The molecule has 0 aromatic heterocycles. The summed E-state index contributed by atoms with van der Waals surface area (Å²) < 4.78 is 30.2. The molecule has 0 unspecified atom stereocenters. The number of rotatable bonds is 6. The molecular weight excluding hydrogens is 847 g/mol. The molecule has 0 radical (unpaired) electrons. The van der Waals surface area contributed by atoms with E-state index in [4.69, 9.17) is 26.3 Å². The first kappa shape index (κ1) is 42.6. The number of fused-ring (bicyclic) bond motifs is 2. The van der Waals surface area contributed by atoms with Crippen LogP contribution in [0, 0.1) is 83.2 Å². The van der Waals surface area contributed by atoms with E-state index >= 15 is 8.78 Å². The molecule has 0 saturated heterocycles. The van der Waals surface area contributed by atoms with Crippen LogP contribution < -0.4 is 0 Å². The minimum Gasteiger partial charge on any atom is -0.239 e. The zero-order chi connectivity index (χ0) is 47.6. The molecular formula is C58H24F2N8. The molecule has 0 saturated carbocycles. The number of benzene rings is 7. The molecule has 7 aromatic rings. The van der Waals surface area contributed by atoms with Gasteiger partial charge < -0.3 is 0 Å². The van der Waals surface area contributed by atoms with Crippen molar-refractivity contribution < 1.29 is 8.78 Å². The largest absolute Gasteiger partial charge is 0.239 e. The van der Waals surface area contributed by atoms with E-state index in [2.05, 4.69) is 43.7 Å². The number of hydrogen-bond acceptors (Lipinski definition) is 4. The Balaban J connectivity index is 1.65. The highest BCUT2D eigenvalue weighted by Crippen LogP contribution is 2.63. The van der Waals surface area contributed by atoms with E-state index in [0.29, 0.717) is 33.4 Å². The lowest BCUT2D eigenvalue weighted by molar-refractivity contribution is 0.627. The second-order valence-corrected chi connectivity index (χ2v) is 15.4. The van der Waals surface area contributed by atoms with Crippen molar-refractivity contribution in [2.45, 2.75) is 0 Å². The number of nitrogens with zero attached hydrogens (tertiary/aromatic N) is 8. The average molecular weight is 871 g/mol. The van der Waals surface area contributed by atoms with Crippen molar-refractivity contribution in [3.8, 4) is 46.5 Å². The Bertz CT molecular complexity index is 3540. The highest BCUT2D eigenvalue weighted by molar-refractivity contribution is 6.38. The van der Waals surface area contributed by atoms with Crippen LogP contribution >= 0.6 is 0 Å². The third kappa shape index (κ3) is 6.93. The maximum atomic E-state index is 15.1. The van der Waals surface area contributed by atoms with Crippen LogP contribution in [0.1, 0.15) is 55.6 Å². The zero-order valence-corrected chi connectivity index (χ0v) is 35.2. The SMILES string of the molecule is [C-]#[N+]C1=C(c2ccccc2)/C(=C(/C#N)c2cc([N+]#[C-])cc([N+]#[C-])c2)c2c1c(-c1ccc(F)cc1)c1c(c2-c2ccc(F)cc2)C(C#N)=C(c2ccccc2)/C1=C(/[N+]#[C-])c1cc(C#N)cc(C#N)c1. The van der Waals surface area contributed by atoms with Gasteiger partial charge in [-0.25, -0.2) is 28.2 Å². The Hall–Kier alpha value is -10.7. The third-order valence-corrected chi connectivity index (χ3v) is 11.7. The van der Waals surface area contributed by atoms with E-state index in [1.165, 1.54) is 84.9 Å². The quantitative estimate of drug-likeness (QED) is 0.122. The first-order valence-electron chi connectivity index (χ1n) is 20.5. The van der Waals surface area contributed by atoms with Crippen molar-refractivity contribution in [3.63, 3.8) is 0 Å². The molecule has 0 amide bonds. The van der Waals surface area contributed by atoms with Crippen LogP contribution in [-0.4, -0.2) is 0 Å². The van der Waals surface area contributed by atoms with Crippen molar-refractivity contribution >= 4 is 56.2 Å². The fraction of sp³-hybridized carbons (Fsp3) is 0. The maximum Gasteiger partial charge on any atom is 0.203 e. The molecule has 10 heteroatoms. The van der Waals surface area contributed by atoms with Crippen molar-refractivity contribution in [2.75, 3.05) is 0 Å². The molecule has 68 heavy (non-hydrogen) atoms. The molecule has 310 valence electrons. The van der Waals surface area contributed by atoms with Gasteiger partial charge in [0.2, 0.25) is 11.4 Å². The molecule has 0 heterocycles. The highest BCUT2D eigenvalue weighted by atomic mass is 19.1. The Labute approximate surface area is 389 Å². The molecule has 0 atom stereocenters. The van der Waals surface area contributed by atoms with Crippen LogP contribution in [0.5, 0.6) is 0 Å². The van der Waals surface area contributed by atoms with Crippen LogP contribution in [0.2, 0.25) is 0 Å². The van der Waals surface area contributed by atoms with Crippen LogP contribution in [0.15, 0.2) is 146 Å². The number of nitriles is 4. The Kier molecular flexibility index (Phi) is 10.9. The molecule has 0 aliphatic heterocycles. The van der Waals surface area contributed by atoms with Gasteiger partial charge in [0.25, 0.3) is 0 Å². The van der Waals surface area contributed by atoms with Gasteiger partial charge in [0.05, 0.1) is 60.7 Å². The molecule has 0 spiro atoms. The predicted octanol–water partition coefficient (Wildman–Crippen LogP) is 14.6. The van der Waals surface area contributed by atoms with Crippen molar-refractivity contribution in [3.05, 3.63) is 259 Å². The maximum absolute atomic E-state index is 15.1. The molecule has 2 aliphatic rings. The summed E-state index contributed by atoms with van der Waals surface area (Å²) in [6, 6.07) is 46.5. The van der Waals surface area contributed by atoms with Crippen LogP contribution in [0.3, 0.4) is 0 Å². The van der Waals surface area contributed by atoms with Crippen LogP contribution in [-0.2, 0) is 0 Å². The van der Waals surface area contributed by atoms with Crippen molar-refractivity contribution in [2.24, 2.45) is 0 Å². The van der Waals surface area contributed by atoms with Crippen molar-refractivity contribution in [1.29, 1.82) is 21.0 Å². The molecule has 0 fully saturated rings. The summed E-state index contributed by atoms with van der Waals surface area (Å²) in [5, 5.41) is 43.4. The monoisotopic (exact) mass is 870 g/mol. The van der Waals surface area contributed by atoms with E-state index in [1.807, 2.05) is 0 Å². The third-order valence-electron chi connectivity index (χ3n) is 11.7. The summed E-state index contributed by atoms with van der Waals surface area (Å²) in [6.45, 7) is 33.7. The number of hydrogen-bond donors (Lipinski definition) is 0. The van der Waals surface area contributed by atoms with Gasteiger partial charge in [0.15, 0.2) is 11.4 Å². The molecule has 7 aromatic carbocycles. The number of allylic oxidation sites excluding steroid dienone is 6. The smallest absolute Gasteiger partial charge is 0.203 e. The van der Waals surface area contributed by atoms with Gasteiger partial charge >= 0.3 is 0 Å². The standard InChI is InChI=1S/C58H24F2N8/c1-65-43-26-39(27-44(28-43)66-2)45(31-63)51-50(36-13-9-6-10-14-36)58(68-4)56-49(38-17-21-42(60)22-18-38)54-52(48(53(51)56)37-15-19-41(59)20-16-37)46(32-64)47(35-11-7-5-8-12-35)55(54)57(67-3)40-24-33(29-61)23-34(25-40)30-62/h5-28H/b51-45+,57-55-. The van der Waals surface area contributed by atoms with E-state index < -0.39 is 11.6 Å². The van der Waals surface area contributed by atoms with Gasteiger partial charge in [-0.1, -0.05) is 103 Å². The Morgan fingerprint density at radius 3 is 1.40 bits per heavy atom. The zero-order valence-electron chi connectivity index (χ0n) is 35.2. The van der Waals surface area contributed by atoms with Gasteiger partial charge in [0.1, 0.15) is 23.8 Å². The summed E-state index contributed by atoms with van der Waals surface area (Å²) in [5.41, 5.74) is 5.12. The molecule has 8 nitrogen and oxygen atoms in total. The summed E-state index contributed by atoms with van der Waals surface area (Å²) in [5.74, 6) is -1.15. The van der Waals surface area contributed by atoms with Gasteiger partial charge in [-0.2, -0.15) is 21.0 Å². The van der Waals surface area contributed by atoms with Crippen LogP contribution in [0.25, 0.3) is 86.5 Å². The summed E-state index contributed by atoms with van der Waals surface area (Å²) in [7, 11) is 0. The van der Waals surface area contributed by atoms with Gasteiger partial charge in [-0.05, 0) is 126 Å². The number of halogens is 2. The highest BCUT2D eigenvalue weighted by Gasteiger charge is 2.44. The van der Waals surface area contributed by atoms with Crippen LogP contribution in [0.4, 0.5) is 20.2 Å². The van der Waals surface area contributed by atoms with Crippen molar-refractivity contribution in [1.82, 2.24) is 0 Å². The predicted molar refractivity (Wildman–Crippen MR) is 257 cm³/mol. The van der Waals surface area contributed by atoms with Gasteiger partial charge in [-0.3, -0.25) is 0 Å². The summed E-state index contributed by atoms with van der Waals surface area (Å²) in [4.78, 5) is 15.5. The average Bonchev–Trinajstić information content (AvgIpc) is 3.90. The molecule has 0 bridgehead atoms.